The Morgan fingerprint density at radius 1 is 0.865 bits per heavy atom. The van der Waals surface area contributed by atoms with Gasteiger partial charge in [0.2, 0.25) is 0 Å². The molecule has 192 valence electrons. The number of esters is 2. The summed E-state index contributed by atoms with van der Waals surface area (Å²) in [6.45, 7) is 4.50. The molecule has 0 atom stereocenters. The maximum absolute atomic E-state index is 12.7. The molecule has 2 aromatic carbocycles. The number of ether oxygens (including phenoxy) is 4. The molecule has 0 aliphatic heterocycles. The third-order valence-corrected chi connectivity index (χ3v) is 5.09. The van der Waals surface area contributed by atoms with E-state index >= 15 is 0 Å². The highest BCUT2D eigenvalue weighted by Gasteiger charge is 2.14. The average molecular weight is 503 g/mol. The molecule has 0 aliphatic carbocycles. The van der Waals surface area contributed by atoms with Gasteiger partial charge in [-0.15, -0.1) is 0 Å². The number of unbranched alkanes of at least 4 members (excludes halogenated alkanes) is 3. The number of nitrogens with zero attached hydrogens (tertiary/aromatic N) is 2. The lowest BCUT2D eigenvalue weighted by Gasteiger charge is -2.11. The molecular formula is C29H30N2O6. The molecule has 0 unspecified atom stereocenters. The molecule has 0 fully saturated rings. The molecular weight excluding hydrogens is 472 g/mol. The maximum Gasteiger partial charge on any atom is 0.354 e. The number of rotatable bonds is 13. The van der Waals surface area contributed by atoms with E-state index in [0.29, 0.717) is 29.2 Å². The zero-order valence-corrected chi connectivity index (χ0v) is 21.3. The maximum atomic E-state index is 12.7. The Morgan fingerprint density at radius 2 is 1.57 bits per heavy atom. The highest BCUT2D eigenvalue weighted by molar-refractivity contribution is 5.99. The summed E-state index contributed by atoms with van der Waals surface area (Å²) in [5.41, 5.74) is 0.603. The second-order valence-electron chi connectivity index (χ2n) is 7.84. The number of carbonyl (C=O) groups excluding carboxylic acids is 2. The van der Waals surface area contributed by atoms with Crippen molar-refractivity contribution in [3.63, 3.8) is 0 Å². The zero-order chi connectivity index (χ0) is 27.0. The highest BCUT2D eigenvalue weighted by Crippen LogP contribution is 2.29. The first kappa shape index (κ1) is 28.7. The van der Waals surface area contributed by atoms with Crippen LogP contribution >= 0.6 is 0 Å². The van der Waals surface area contributed by atoms with Gasteiger partial charge in [-0.25, -0.2) is 9.59 Å². The Labute approximate surface area is 217 Å². The molecule has 8 nitrogen and oxygen atoms in total. The van der Waals surface area contributed by atoms with Gasteiger partial charge in [-0.1, -0.05) is 44.4 Å². The summed E-state index contributed by atoms with van der Waals surface area (Å²) in [6, 6.07) is 15.0. The molecule has 2 aromatic rings. The van der Waals surface area contributed by atoms with E-state index in [2.05, 4.69) is 6.92 Å². The van der Waals surface area contributed by atoms with Crippen molar-refractivity contribution in [2.45, 2.75) is 39.5 Å². The molecule has 0 aromatic heterocycles. The molecule has 0 saturated heterocycles. The van der Waals surface area contributed by atoms with Crippen LogP contribution < -0.4 is 14.2 Å². The van der Waals surface area contributed by atoms with Gasteiger partial charge in [-0.05, 0) is 60.9 Å². The van der Waals surface area contributed by atoms with E-state index in [9.17, 15) is 20.1 Å². The van der Waals surface area contributed by atoms with E-state index in [-0.39, 0.29) is 23.5 Å². The topological polar surface area (TPSA) is 119 Å². The van der Waals surface area contributed by atoms with Crippen molar-refractivity contribution in [3.05, 3.63) is 64.7 Å². The van der Waals surface area contributed by atoms with E-state index in [4.69, 9.17) is 18.9 Å². The van der Waals surface area contributed by atoms with Crippen LogP contribution in [0.15, 0.2) is 53.6 Å². The molecule has 0 aliphatic rings. The van der Waals surface area contributed by atoms with E-state index in [1.54, 1.807) is 43.3 Å². The molecule has 0 heterocycles. The number of hydrogen-bond acceptors (Lipinski definition) is 8. The third-order valence-electron chi connectivity index (χ3n) is 5.09. The molecule has 2 rings (SSSR count). The van der Waals surface area contributed by atoms with Gasteiger partial charge >= 0.3 is 11.9 Å². The van der Waals surface area contributed by atoms with Crippen LogP contribution in [0.25, 0.3) is 12.2 Å². The number of benzene rings is 2. The van der Waals surface area contributed by atoms with Crippen LogP contribution in [-0.2, 0) is 14.3 Å². The smallest absolute Gasteiger partial charge is 0.354 e. The summed E-state index contributed by atoms with van der Waals surface area (Å²) in [7, 11) is 1.52. The number of nitriles is 2. The van der Waals surface area contributed by atoms with Crippen molar-refractivity contribution >= 4 is 24.1 Å². The fraction of sp³-hybridized carbons (Fsp3) is 0.310. The van der Waals surface area contributed by atoms with Crippen molar-refractivity contribution in [2.75, 3.05) is 20.3 Å². The molecule has 0 amide bonds. The number of hydrogen-bond donors (Lipinski definition) is 0. The molecule has 0 bridgehead atoms. The lowest BCUT2D eigenvalue weighted by molar-refractivity contribution is -0.138. The van der Waals surface area contributed by atoms with Crippen LogP contribution in [0, 0.1) is 22.7 Å². The normalized spacial score (nSPS) is 11.2. The van der Waals surface area contributed by atoms with Crippen molar-refractivity contribution < 1.29 is 28.5 Å². The minimum Gasteiger partial charge on any atom is -0.493 e. The van der Waals surface area contributed by atoms with Gasteiger partial charge in [0.15, 0.2) is 11.5 Å². The van der Waals surface area contributed by atoms with Gasteiger partial charge in [0.1, 0.15) is 29.0 Å². The second-order valence-corrected chi connectivity index (χ2v) is 7.84. The van der Waals surface area contributed by atoms with Gasteiger partial charge < -0.3 is 18.9 Å². The summed E-state index contributed by atoms with van der Waals surface area (Å²) in [4.78, 5) is 24.5. The van der Waals surface area contributed by atoms with Crippen LogP contribution in [0.1, 0.15) is 50.7 Å². The standard InChI is InChI=1S/C29H30N2O6/c1-4-6-7-8-14-36-26-13-12-22(18-27(26)34-3)16-24(20-31)29(33)37-25-11-9-10-21(17-25)15-23(19-30)28(32)35-5-2/h9-13,15-18H,4-8,14H2,1-3H3/b23-15+,24-16+. The average Bonchev–Trinajstić information content (AvgIpc) is 2.90. The van der Waals surface area contributed by atoms with Gasteiger partial charge in [-0.2, -0.15) is 10.5 Å². The molecule has 0 N–H and O–H groups in total. The summed E-state index contributed by atoms with van der Waals surface area (Å²) >= 11 is 0. The predicted octanol–water partition coefficient (Wildman–Crippen LogP) is 5.64. The van der Waals surface area contributed by atoms with Gasteiger partial charge in [0.05, 0.1) is 20.3 Å². The Kier molecular flexibility index (Phi) is 12.0. The van der Waals surface area contributed by atoms with Crippen molar-refractivity contribution in [1.29, 1.82) is 10.5 Å². The Morgan fingerprint density at radius 3 is 2.22 bits per heavy atom. The van der Waals surface area contributed by atoms with E-state index in [0.717, 1.165) is 25.7 Å². The Bertz CT molecular complexity index is 1230. The van der Waals surface area contributed by atoms with Crippen molar-refractivity contribution in [2.24, 2.45) is 0 Å². The van der Waals surface area contributed by atoms with Gasteiger partial charge in [0, 0.05) is 0 Å². The van der Waals surface area contributed by atoms with Crippen molar-refractivity contribution in [1.82, 2.24) is 0 Å². The van der Waals surface area contributed by atoms with E-state index < -0.39 is 11.9 Å². The zero-order valence-electron chi connectivity index (χ0n) is 21.3. The Hall–Kier alpha value is -4.56. The lowest BCUT2D eigenvalue weighted by atomic mass is 10.1. The van der Waals surface area contributed by atoms with Gasteiger partial charge in [0.25, 0.3) is 0 Å². The van der Waals surface area contributed by atoms with Gasteiger partial charge in [-0.3, -0.25) is 0 Å². The van der Waals surface area contributed by atoms with Crippen LogP contribution in [0.5, 0.6) is 17.2 Å². The minimum absolute atomic E-state index is 0.138. The summed E-state index contributed by atoms with van der Waals surface area (Å²) in [5.74, 6) is -0.383. The molecule has 0 radical (unpaired) electrons. The first-order valence-corrected chi connectivity index (χ1v) is 12.0. The summed E-state index contributed by atoms with van der Waals surface area (Å²) in [5, 5.41) is 18.8. The quantitative estimate of drug-likeness (QED) is 0.114. The highest BCUT2D eigenvalue weighted by atomic mass is 16.5. The molecule has 37 heavy (non-hydrogen) atoms. The Balaban J connectivity index is 2.16. The fourth-order valence-corrected chi connectivity index (χ4v) is 3.25. The van der Waals surface area contributed by atoms with Crippen LogP contribution in [-0.4, -0.2) is 32.3 Å². The SMILES string of the molecule is CCCCCCOc1ccc(/C=C(\C#N)C(=O)Oc2cccc(/C=C(\C#N)C(=O)OCC)c2)cc1OC. The monoisotopic (exact) mass is 502 g/mol. The molecule has 0 spiro atoms. The van der Waals surface area contributed by atoms with Crippen LogP contribution in [0.2, 0.25) is 0 Å². The lowest BCUT2D eigenvalue weighted by Crippen LogP contribution is -2.10. The predicted molar refractivity (Wildman–Crippen MR) is 139 cm³/mol. The molecule has 8 heteroatoms. The minimum atomic E-state index is -0.857. The second kappa shape index (κ2) is 15.4. The fourth-order valence-electron chi connectivity index (χ4n) is 3.25. The molecule has 0 saturated carbocycles. The summed E-state index contributed by atoms with van der Waals surface area (Å²) < 4.78 is 21.4. The largest absolute Gasteiger partial charge is 0.493 e. The van der Waals surface area contributed by atoms with E-state index in [1.807, 2.05) is 6.07 Å². The van der Waals surface area contributed by atoms with E-state index in [1.165, 1.54) is 31.4 Å². The number of carbonyl (C=O) groups is 2. The number of methoxy groups -OCH3 is 1. The summed E-state index contributed by atoms with van der Waals surface area (Å²) in [6.07, 6.45) is 7.07. The van der Waals surface area contributed by atoms with Crippen LogP contribution in [0.4, 0.5) is 0 Å². The first-order chi connectivity index (χ1) is 17.9. The third kappa shape index (κ3) is 9.19. The van der Waals surface area contributed by atoms with Crippen molar-refractivity contribution in [3.8, 4) is 29.4 Å². The van der Waals surface area contributed by atoms with Crippen LogP contribution in [0.3, 0.4) is 0 Å². The first-order valence-electron chi connectivity index (χ1n) is 12.0.